The van der Waals surface area contributed by atoms with E-state index in [2.05, 4.69) is 5.32 Å². The molecule has 0 fully saturated rings. The van der Waals surface area contributed by atoms with Crippen molar-refractivity contribution in [2.75, 3.05) is 27.4 Å². The first kappa shape index (κ1) is 15.2. The number of hydrogen-bond acceptors (Lipinski definition) is 4. The van der Waals surface area contributed by atoms with Crippen molar-refractivity contribution in [1.29, 1.82) is 0 Å². The number of methoxy groups -OCH3 is 2. The van der Waals surface area contributed by atoms with Crippen LogP contribution in [-0.4, -0.2) is 44.5 Å². The maximum atomic E-state index is 11.8. The zero-order valence-corrected chi connectivity index (χ0v) is 12.4. The van der Waals surface area contributed by atoms with Crippen molar-refractivity contribution in [3.05, 3.63) is 27.3 Å². The summed E-state index contributed by atoms with van der Waals surface area (Å²) < 4.78 is 10.8. The third-order valence-corrected chi connectivity index (χ3v) is 3.30. The molecule has 1 amide bonds. The van der Waals surface area contributed by atoms with Gasteiger partial charge in [-0.3, -0.25) is 4.79 Å². The highest BCUT2D eigenvalue weighted by Crippen LogP contribution is 2.20. The normalized spacial score (nSPS) is 12.2. The van der Waals surface area contributed by atoms with Gasteiger partial charge >= 0.3 is 0 Å². The van der Waals surface area contributed by atoms with Gasteiger partial charge in [-0.1, -0.05) is 0 Å². The predicted molar refractivity (Wildman–Crippen MR) is 75.8 cm³/mol. The van der Waals surface area contributed by atoms with E-state index in [1.165, 1.54) is 6.07 Å². The number of rotatable bonds is 6. The van der Waals surface area contributed by atoms with Gasteiger partial charge in [0.25, 0.3) is 5.91 Å². The Morgan fingerprint density at radius 3 is 2.78 bits per heavy atom. The Kier molecular flexibility index (Phi) is 6.37. The SMILES string of the molecule is COCC(CNC(=O)c1ccc(I)c(O)c1)OC. The molecule has 1 aromatic carbocycles. The van der Waals surface area contributed by atoms with E-state index in [-0.39, 0.29) is 17.8 Å². The first-order chi connectivity index (χ1) is 8.58. The molecule has 18 heavy (non-hydrogen) atoms. The number of benzene rings is 1. The van der Waals surface area contributed by atoms with Gasteiger partial charge in [0.05, 0.1) is 16.3 Å². The van der Waals surface area contributed by atoms with Crippen LogP contribution in [0.25, 0.3) is 0 Å². The van der Waals surface area contributed by atoms with Crippen LogP contribution in [0.4, 0.5) is 0 Å². The molecule has 0 bridgehead atoms. The highest BCUT2D eigenvalue weighted by atomic mass is 127. The Bertz CT molecular complexity index is 411. The smallest absolute Gasteiger partial charge is 0.251 e. The molecule has 0 aliphatic heterocycles. The summed E-state index contributed by atoms with van der Waals surface area (Å²) in [6.07, 6.45) is -0.184. The van der Waals surface area contributed by atoms with Crippen LogP contribution in [-0.2, 0) is 9.47 Å². The minimum absolute atomic E-state index is 0.100. The number of aromatic hydroxyl groups is 1. The molecule has 0 aromatic heterocycles. The van der Waals surface area contributed by atoms with E-state index in [1.54, 1.807) is 26.4 Å². The molecule has 0 spiro atoms. The second kappa shape index (κ2) is 7.55. The van der Waals surface area contributed by atoms with Gasteiger partial charge in [0.15, 0.2) is 0 Å². The molecule has 0 heterocycles. The Hall–Kier alpha value is -0.860. The van der Waals surface area contributed by atoms with Gasteiger partial charge in [0.1, 0.15) is 5.75 Å². The molecule has 0 radical (unpaired) electrons. The lowest BCUT2D eigenvalue weighted by atomic mass is 10.2. The molecule has 5 nitrogen and oxygen atoms in total. The molecular weight excluding hydrogens is 349 g/mol. The molecule has 1 atom stereocenters. The van der Waals surface area contributed by atoms with Crippen molar-refractivity contribution in [3.63, 3.8) is 0 Å². The van der Waals surface area contributed by atoms with E-state index < -0.39 is 0 Å². The van der Waals surface area contributed by atoms with Gasteiger partial charge in [-0.2, -0.15) is 0 Å². The average Bonchev–Trinajstić information content (AvgIpc) is 2.37. The van der Waals surface area contributed by atoms with E-state index in [1.807, 2.05) is 22.6 Å². The maximum Gasteiger partial charge on any atom is 0.251 e. The van der Waals surface area contributed by atoms with Crippen molar-refractivity contribution in [2.24, 2.45) is 0 Å². The van der Waals surface area contributed by atoms with Crippen LogP contribution < -0.4 is 5.32 Å². The third-order valence-electron chi connectivity index (χ3n) is 2.38. The number of amides is 1. The van der Waals surface area contributed by atoms with E-state index >= 15 is 0 Å². The summed E-state index contributed by atoms with van der Waals surface area (Å²) in [5.74, 6) is -0.150. The largest absolute Gasteiger partial charge is 0.507 e. The number of nitrogens with one attached hydrogen (secondary N) is 1. The first-order valence-electron chi connectivity index (χ1n) is 5.37. The van der Waals surface area contributed by atoms with Gasteiger partial charge in [-0.05, 0) is 40.8 Å². The second-order valence-electron chi connectivity index (χ2n) is 3.69. The predicted octanol–water partition coefficient (Wildman–Crippen LogP) is 1.39. The van der Waals surface area contributed by atoms with Crippen LogP contribution in [0.1, 0.15) is 10.4 Å². The fourth-order valence-corrected chi connectivity index (χ4v) is 1.69. The second-order valence-corrected chi connectivity index (χ2v) is 4.85. The van der Waals surface area contributed by atoms with Crippen LogP contribution >= 0.6 is 22.6 Å². The van der Waals surface area contributed by atoms with Crippen molar-refractivity contribution >= 4 is 28.5 Å². The first-order valence-corrected chi connectivity index (χ1v) is 6.44. The van der Waals surface area contributed by atoms with E-state index in [4.69, 9.17) is 9.47 Å². The highest BCUT2D eigenvalue weighted by Gasteiger charge is 2.11. The van der Waals surface area contributed by atoms with Crippen LogP contribution in [0, 0.1) is 3.57 Å². The lowest BCUT2D eigenvalue weighted by Crippen LogP contribution is -2.35. The van der Waals surface area contributed by atoms with Gasteiger partial charge < -0.3 is 19.9 Å². The van der Waals surface area contributed by atoms with E-state index in [0.717, 1.165) is 0 Å². The van der Waals surface area contributed by atoms with E-state index in [0.29, 0.717) is 22.3 Å². The van der Waals surface area contributed by atoms with Crippen LogP contribution in [0.3, 0.4) is 0 Å². The van der Waals surface area contributed by atoms with Gasteiger partial charge in [0.2, 0.25) is 0 Å². The standard InChI is InChI=1S/C12H16INO4/c1-17-7-9(18-2)6-14-12(16)8-3-4-10(13)11(15)5-8/h3-5,9,15H,6-7H2,1-2H3,(H,14,16). The molecule has 100 valence electrons. The third kappa shape index (κ3) is 4.43. The van der Waals surface area contributed by atoms with Gasteiger partial charge in [-0.25, -0.2) is 0 Å². The quantitative estimate of drug-likeness (QED) is 0.748. The monoisotopic (exact) mass is 365 g/mol. The van der Waals surface area contributed by atoms with Crippen molar-refractivity contribution in [3.8, 4) is 5.75 Å². The summed E-state index contributed by atoms with van der Waals surface area (Å²) in [6.45, 7) is 0.768. The lowest BCUT2D eigenvalue weighted by molar-refractivity contribution is 0.0285. The summed E-state index contributed by atoms with van der Waals surface area (Å²) >= 11 is 2.00. The molecule has 0 aliphatic rings. The van der Waals surface area contributed by atoms with Gasteiger partial charge in [-0.15, -0.1) is 0 Å². The summed E-state index contributed by atoms with van der Waals surface area (Å²) in [5, 5.41) is 12.2. The minimum atomic E-state index is -0.250. The number of ether oxygens (including phenoxy) is 2. The molecule has 1 unspecified atom stereocenters. The minimum Gasteiger partial charge on any atom is -0.507 e. The van der Waals surface area contributed by atoms with Crippen LogP contribution in [0.2, 0.25) is 0 Å². The molecule has 0 aliphatic carbocycles. The number of phenols is 1. The molecule has 0 saturated carbocycles. The summed E-state index contributed by atoms with van der Waals surface area (Å²) in [7, 11) is 3.14. The molecule has 1 rings (SSSR count). The topological polar surface area (TPSA) is 67.8 Å². The fraction of sp³-hybridized carbons (Fsp3) is 0.417. The average molecular weight is 365 g/mol. The van der Waals surface area contributed by atoms with Crippen molar-refractivity contribution in [1.82, 2.24) is 5.32 Å². The van der Waals surface area contributed by atoms with E-state index in [9.17, 15) is 9.90 Å². The summed E-state index contributed by atoms with van der Waals surface area (Å²) in [4.78, 5) is 11.8. The van der Waals surface area contributed by atoms with Crippen LogP contribution in [0.15, 0.2) is 18.2 Å². The Morgan fingerprint density at radius 1 is 1.50 bits per heavy atom. The molecule has 2 N–H and O–H groups in total. The Morgan fingerprint density at radius 2 is 2.22 bits per heavy atom. The fourth-order valence-electron chi connectivity index (χ4n) is 1.36. The van der Waals surface area contributed by atoms with Crippen molar-refractivity contribution in [2.45, 2.75) is 6.10 Å². The number of halogens is 1. The molecule has 0 saturated heterocycles. The number of phenolic OH excluding ortho intramolecular Hbond substituents is 1. The summed E-state index contributed by atoms with van der Waals surface area (Å²) in [6, 6.07) is 4.79. The molecular formula is C12H16INO4. The zero-order chi connectivity index (χ0) is 13.5. The summed E-state index contributed by atoms with van der Waals surface area (Å²) in [5.41, 5.74) is 0.417. The molecule has 6 heteroatoms. The number of hydrogen-bond donors (Lipinski definition) is 2. The number of carbonyl (C=O) groups is 1. The number of carbonyl (C=O) groups excluding carboxylic acids is 1. The van der Waals surface area contributed by atoms with Gasteiger partial charge in [0, 0.05) is 26.3 Å². The van der Waals surface area contributed by atoms with Crippen molar-refractivity contribution < 1.29 is 19.4 Å². The highest BCUT2D eigenvalue weighted by molar-refractivity contribution is 14.1. The van der Waals surface area contributed by atoms with Crippen LogP contribution in [0.5, 0.6) is 5.75 Å². The lowest BCUT2D eigenvalue weighted by Gasteiger charge is -2.15. The Balaban J connectivity index is 2.57. The maximum absolute atomic E-state index is 11.8. The Labute approximate surface area is 120 Å². The zero-order valence-electron chi connectivity index (χ0n) is 10.3. The molecule has 1 aromatic rings.